The summed E-state index contributed by atoms with van der Waals surface area (Å²) in [6, 6.07) is 0. The van der Waals surface area contributed by atoms with E-state index in [-0.39, 0.29) is 32.1 Å². The number of ether oxygens (including phenoxy) is 2. The van der Waals surface area contributed by atoms with Crippen LogP contribution in [0.4, 0.5) is 0 Å². The number of carbonyl (C=O) groups is 2. The topological polar surface area (TPSA) is 317 Å². The zero-order valence-corrected chi connectivity index (χ0v) is 41.6. The Hall–Kier alpha value is -2.16. The zero-order valence-electron chi connectivity index (χ0n) is 39.9. The van der Waals surface area contributed by atoms with Gasteiger partial charge in [-0.3, -0.25) is 23.2 Å². The van der Waals surface area contributed by atoms with E-state index < -0.39 is 120 Å². The molecule has 13 atom stereocenters. The lowest BCUT2D eigenvalue weighted by atomic mass is 9.82. The summed E-state index contributed by atoms with van der Waals surface area (Å²) < 4.78 is 52.2. The van der Waals surface area contributed by atoms with Crippen molar-refractivity contribution in [2.45, 2.75) is 210 Å². The van der Waals surface area contributed by atoms with E-state index >= 15 is 0 Å². The summed E-state index contributed by atoms with van der Waals surface area (Å²) in [7, 11) is -11.4. The first-order valence-corrected chi connectivity index (χ1v) is 27.5. The van der Waals surface area contributed by atoms with Crippen molar-refractivity contribution in [2.24, 2.45) is 11.8 Å². The molecule has 0 amide bonds. The Morgan fingerprint density at radius 2 is 1.49 bits per heavy atom. The summed E-state index contributed by atoms with van der Waals surface area (Å²) >= 11 is 0. The van der Waals surface area contributed by atoms with E-state index in [9.17, 15) is 69.1 Å². The molecule has 0 aromatic carbocycles. The van der Waals surface area contributed by atoms with Gasteiger partial charge in [-0.1, -0.05) is 120 Å². The maximum atomic E-state index is 13.7. The molecule has 19 nitrogen and oxygen atoms in total. The van der Waals surface area contributed by atoms with Crippen LogP contribution in [0.1, 0.15) is 149 Å². The van der Waals surface area contributed by atoms with Gasteiger partial charge < -0.3 is 59.9 Å². The summed E-state index contributed by atoms with van der Waals surface area (Å²) in [6.07, 6.45) is 5.63. The number of carbonyl (C=O) groups excluding carboxylic acids is 2. The molecule has 2 aliphatic rings. The molecule has 1 saturated carbocycles. The van der Waals surface area contributed by atoms with Crippen molar-refractivity contribution in [3.8, 4) is 0 Å². The van der Waals surface area contributed by atoms with Crippen LogP contribution in [-0.4, -0.2) is 137 Å². The largest absolute Gasteiger partial charge is 0.472 e. The van der Waals surface area contributed by atoms with Gasteiger partial charge in [-0.15, -0.1) is 0 Å². The Balaban J connectivity index is 2.30. The highest BCUT2D eigenvalue weighted by atomic mass is 31.2. The summed E-state index contributed by atoms with van der Waals surface area (Å²) in [5, 5.41) is 79.8. The zero-order chi connectivity index (χ0) is 50.5. The number of aliphatic hydroxyl groups excluding tert-OH is 7. The van der Waals surface area contributed by atoms with Crippen LogP contribution in [0.15, 0.2) is 48.6 Å². The van der Waals surface area contributed by atoms with E-state index in [0.29, 0.717) is 32.1 Å². The van der Waals surface area contributed by atoms with E-state index in [2.05, 4.69) is 43.4 Å². The average molecular weight is 1010 g/mol. The van der Waals surface area contributed by atoms with Crippen LogP contribution in [0.3, 0.4) is 0 Å². The van der Waals surface area contributed by atoms with Gasteiger partial charge in [0, 0.05) is 31.1 Å². The van der Waals surface area contributed by atoms with E-state index in [0.717, 1.165) is 70.3 Å². The molecule has 0 radical (unpaired) electrons. The number of rotatable bonds is 23. The first kappa shape index (κ1) is 62.0. The smallest absolute Gasteiger partial charge is 0.462 e. The lowest BCUT2D eigenvalue weighted by Gasteiger charge is -2.39. The standard InChI is InChI=1S/C47H82O19P2/c1-3-5-7-8-9-10-11-12-13-14-15-16-17-18-23-27-40(51)62-32-35-33-63-68(60,61)66-47-45(56)44(55)42(53)36(26-22-19-20-24-28-41(52)64-35)38(49)31-39(50)37(30-29-34(48)25-21-6-4-2)43(54)46(47)65-67(57,58)59/h5,7,9-10,12-13,29-30,34-39,42-50,53-56H,3-4,6,8,11,14-28,31-33H2,1-2H3,(H,60,61)(H2,57,58,59)/b7-5-,10-9-,13-12-,30-29?/t34-,35+,36-,37-,38-,39+,42+,43+,44-,45+,46+,47-/m0/s1. The van der Waals surface area contributed by atoms with Gasteiger partial charge in [-0.2, -0.15) is 0 Å². The van der Waals surface area contributed by atoms with Gasteiger partial charge in [-0.05, 0) is 57.8 Å². The average Bonchev–Trinajstić information content (AvgIpc) is 3.28. The molecule has 1 heterocycles. The molecule has 68 heavy (non-hydrogen) atoms. The summed E-state index contributed by atoms with van der Waals surface area (Å²) in [6.45, 7) is 2.47. The SMILES string of the molecule is CC/C=C\C/C=C\C/C=C\CCCCCCCC(=O)OC[C@@H]1COP(=O)(O)O[C@H]2[C@H](O)[C@@H](O)[C@H](O)[C@@H](CCCCCCC(=O)O1)[C@@H](O)C[C@@H](O)[C@H](C=C[C@@H](O)CCCCC)[C@@H](O)[C@H]2OP(=O)(O)O. The van der Waals surface area contributed by atoms with E-state index in [4.69, 9.17) is 23.0 Å². The molecule has 0 aromatic heterocycles. The van der Waals surface area contributed by atoms with Crippen LogP contribution in [0, 0.1) is 11.8 Å². The summed E-state index contributed by atoms with van der Waals surface area (Å²) in [5.74, 6) is -4.38. The van der Waals surface area contributed by atoms with Crippen molar-refractivity contribution in [1.82, 2.24) is 0 Å². The third kappa shape index (κ3) is 25.8. The number of fused-ring (bicyclic) bond motifs is 4. The van der Waals surface area contributed by atoms with Crippen molar-refractivity contribution in [3.05, 3.63) is 48.6 Å². The Morgan fingerprint density at radius 3 is 2.18 bits per heavy atom. The Labute approximate surface area is 402 Å². The van der Waals surface area contributed by atoms with Crippen LogP contribution >= 0.6 is 15.6 Å². The molecule has 1 saturated heterocycles. The van der Waals surface area contributed by atoms with Gasteiger partial charge in [0.15, 0.2) is 6.10 Å². The molecule has 1 aliphatic carbocycles. The van der Waals surface area contributed by atoms with Gasteiger partial charge in [0.2, 0.25) is 0 Å². The minimum atomic E-state index is -5.76. The minimum absolute atomic E-state index is 0.0286. The lowest BCUT2D eigenvalue weighted by molar-refractivity contribution is -0.166. The fourth-order valence-electron chi connectivity index (χ4n) is 8.13. The number of hydrogen-bond acceptors (Lipinski definition) is 16. The fraction of sp³-hybridized carbons (Fsp3) is 0.787. The van der Waals surface area contributed by atoms with Gasteiger partial charge in [0.1, 0.15) is 31.0 Å². The van der Waals surface area contributed by atoms with E-state index in [1.807, 2.05) is 6.92 Å². The molecule has 2 bridgehead atoms. The number of esters is 2. The second kappa shape index (κ2) is 34.2. The van der Waals surface area contributed by atoms with Crippen LogP contribution in [0.2, 0.25) is 0 Å². The second-order valence-electron chi connectivity index (χ2n) is 17.8. The minimum Gasteiger partial charge on any atom is -0.462 e. The number of allylic oxidation sites excluding steroid dienone is 6. The highest BCUT2D eigenvalue weighted by Gasteiger charge is 2.51. The van der Waals surface area contributed by atoms with Crippen molar-refractivity contribution < 1.29 is 92.2 Å². The lowest BCUT2D eigenvalue weighted by Crippen LogP contribution is -2.56. The maximum Gasteiger partial charge on any atom is 0.472 e. The predicted octanol–water partition coefficient (Wildman–Crippen LogP) is 5.66. The molecular formula is C47H82O19P2. The normalized spacial score (nSPS) is 31.8. The molecule has 1 aliphatic heterocycles. The molecular weight excluding hydrogens is 930 g/mol. The monoisotopic (exact) mass is 1010 g/mol. The second-order valence-corrected chi connectivity index (χ2v) is 20.4. The van der Waals surface area contributed by atoms with Crippen LogP contribution in [-0.2, 0) is 41.8 Å². The Bertz CT molecular complexity index is 1620. The third-order valence-electron chi connectivity index (χ3n) is 12.0. The number of hydrogen-bond donors (Lipinski definition) is 10. The number of phosphoric ester groups is 2. The highest BCUT2D eigenvalue weighted by molar-refractivity contribution is 7.47. The summed E-state index contributed by atoms with van der Waals surface area (Å²) in [4.78, 5) is 56.7. The van der Waals surface area contributed by atoms with E-state index in [1.165, 1.54) is 6.08 Å². The van der Waals surface area contributed by atoms with Crippen LogP contribution < -0.4 is 0 Å². The molecule has 0 aromatic rings. The number of aliphatic hydroxyl groups is 7. The molecule has 0 spiro atoms. The predicted molar refractivity (Wildman–Crippen MR) is 252 cm³/mol. The fourth-order valence-corrected chi connectivity index (χ4v) is 9.66. The first-order valence-electron chi connectivity index (χ1n) is 24.4. The van der Waals surface area contributed by atoms with Gasteiger partial charge in [0.05, 0.1) is 37.1 Å². The molecule has 2 fully saturated rings. The van der Waals surface area contributed by atoms with Crippen molar-refractivity contribution in [2.75, 3.05) is 13.2 Å². The van der Waals surface area contributed by atoms with Crippen molar-refractivity contribution >= 4 is 27.6 Å². The van der Waals surface area contributed by atoms with Crippen LogP contribution in [0.25, 0.3) is 0 Å². The Morgan fingerprint density at radius 1 is 0.824 bits per heavy atom. The quantitative estimate of drug-likeness (QED) is 0.0255. The molecule has 394 valence electrons. The molecule has 10 N–H and O–H groups in total. The summed E-state index contributed by atoms with van der Waals surface area (Å²) in [5.41, 5.74) is 0. The number of unbranched alkanes of at least 4 members (excludes halogenated alkanes) is 7. The van der Waals surface area contributed by atoms with Gasteiger partial charge in [-0.25, -0.2) is 9.13 Å². The van der Waals surface area contributed by atoms with Crippen molar-refractivity contribution in [3.63, 3.8) is 0 Å². The molecule has 1 unspecified atom stereocenters. The van der Waals surface area contributed by atoms with E-state index in [1.54, 1.807) is 0 Å². The first-order chi connectivity index (χ1) is 32.3. The third-order valence-corrected chi connectivity index (χ3v) is 13.5. The van der Waals surface area contributed by atoms with Crippen LogP contribution in [0.5, 0.6) is 0 Å². The number of cyclic esters (lactones) is 1. The molecule has 2 rings (SSSR count). The Kier molecular flexibility index (Phi) is 31.2. The van der Waals surface area contributed by atoms with Gasteiger partial charge in [0.25, 0.3) is 0 Å². The maximum absolute atomic E-state index is 13.7. The van der Waals surface area contributed by atoms with Gasteiger partial charge >= 0.3 is 27.6 Å². The molecule has 21 heteroatoms. The number of phosphoric acid groups is 2. The van der Waals surface area contributed by atoms with Crippen molar-refractivity contribution in [1.29, 1.82) is 0 Å². The highest BCUT2D eigenvalue weighted by Crippen LogP contribution is 2.50.